The van der Waals surface area contributed by atoms with Gasteiger partial charge >= 0.3 is 0 Å². The topological polar surface area (TPSA) is 86.9 Å². The van der Waals surface area contributed by atoms with E-state index in [2.05, 4.69) is 20.6 Å². The fourth-order valence-corrected chi connectivity index (χ4v) is 3.33. The molecule has 0 aliphatic heterocycles. The predicted molar refractivity (Wildman–Crippen MR) is 103 cm³/mol. The van der Waals surface area contributed by atoms with E-state index < -0.39 is 6.04 Å². The van der Waals surface area contributed by atoms with E-state index in [0.29, 0.717) is 10.7 Å². The van der Waals surface area contributed by atoms with E-state index in [1.807, 2.05) is 56.5 Å². The monoisotopic (exact) mass is 370 g/mol. The summed E-state index contributed by atoms with van der Waals surface area (Å²) in [5.41, 5.74) is 1.78. The molecule has 0 fully saturated rings. The second-order valence-corrected chi connectivity index (χ2v) is 7.49. The van der Waals surface area contributed by atoms with Crippen molar-refractivity contribution in [3.8, 4) is 0 Å². The Kier molecular flexibility index (Phi) is 5.37. The summed E-state index contributed by atoms with van der Waals surface area (Å²) in [7, 11) is 0. The lowest BCUT2D eigenvalue weighted by atomic mass is 10.0. The molecule has 2 unspecified atom stereocenters. The fraction of sp³-hybridized carbons (Fsp3) is 0.316. The Morgan fingerprint density at radius 1 is 1.08 bits per heavy atom. The van der Waals surface area contributed by atoms with Crippen LogP contribution in [0.15, 0.2) is 41.8 Å². The Balaban J connectivity index is 1.69. The van der Waals surface area contributed by atoms with Gasteiger partial charge in [-0.2, -0.15) is 0 Å². The molecule has 3 rings (SSSR count). The maximum atomic E-state index is 12.7. The summed E-state index contributed by atoms with van der Waals surface area (Å²) in [6.45, 7) is 5.68. The first kappa shape index (κ1) is 18.1. The third-order valence-electron chi connectivity index (χ3n) is 4.16. The number of imidazole rings is 1. The van der Waals surface area contributed by atoms with Crippen molar-refractivity contribution >= 4 is 34.2 Å². The van der Waals surface area contributed by atoms with E-state index in [-0.39, 0.29) is 23.8 Å². The molecule has 0 spiro atoms. The molecule has 136 valence electrons. The molecule has 6 nitrogen and oxygen atoms in total. The smallest absolute Gasteiger partial charge is 0.262 e. The van der Waals surface area contributed by atoms with Gasteiger partial charge in [0.1, 0.15) is 11.9 Å². The van der Waals surface area contributed by atoms with E-state index >= 15 is 0 Å². The quantitative estimate of drug-likeness (QED) is 0.622. The molecule has 0 bridgehead atoms. The summed E-state index contributed by atoms with van der Waals surface area (Å²) in [6.07, 6.45) is 0. The molecule has 1 aromatic carbocycles. The van der Waals surface area contributed by atoms with Crippen molar-refractivity contribution in [2.24, 2.45) is 5.92 Å². The number of hydrogen-bond donors (Lipinski definition) is 3. The number of aromatic nitrogens is 2. The standard InChI is InChI=1S/C19H22N4O2S/c1-11(2)16(23-18(24)15-9-6-10-26-15)19(25)20-12(3)17-21-13-7-4-5-8-14(13)22-17/h4-12,16H,1-3H3,(H,20,25)(H,21,22)(H,23,24). The van der Waals surface area contributed by atoms with Gasteiger partial charge in [0.25, 0.3) is 5.91 Å². The normalized spacial score (nSPS) is 13.5. The number of rotatable bonds is 6. The maximum Gasteiger partial charge on any atom is 0.262 e. The summed E-state index contributed by atoms with van der Waals surface area (Å²) in [4.78, 5) is 33.4. The van der Waals surface area contributed by atoms with Crippen molar-refractivity contribution in [3.05, 3.63) is 52.5 Å². The highest BCUT2D eigenvalue weighted by Gasteiger charge is 2.26. The third-order valence-corrected chi connectivity index (χ3v) is 5.03. The van der Waals surface area contributed by atoms with Crippen LogP contribution in [0.25, 0.3) is 11.0 Å². The number of nitrogens with zero attached hydrogens (tertiary/aromatic N) is 1. The Morgan fingerprint density at radius 2 is 1.85 bits per heavy atom. The summed E-state index contributed by atoms with van der Waals surface area (Å²) in [5.74, 6) is 0.191. The highest BCUT2D eigenvalue weighted by atomic mass is 32.1. The minimum atomic E-state index is -0.614. The molecular formula is C19H22N4O2S. The van der Waals surface area contributed by atoms with Crippen LogP contribution in [-0.2, 0) is 4.79 Å². The number of carbonyl (C=O) groups is 2. The minimum Gasteiger partial charge on any atom is -0.345 e. The van der Waals surface area contributed by atoms with Crippen LogP contribution in [-0.4, -0.2) is 27.8 Å². The second-order valence-electron chi connectivity index (χ2n) is 6.54. The van der Waals surface area contributed by atoms with Gasteiger partial charge in [-0.3, -0.25) is 9.59 Å². The molecule has 2 atom stereocenters. The summed E-state index contributed by atoms with van der Waals surface area (Å²) < 4.78 is 0. The third kappa shape index (κ3) is 3.94. The van der Waals surface area contributed by atoms with Crippen molar-refractivity contribution in [1.29, 1.82) is 0 Å². The molecule has 0 aliphatic rings. The van der Waals surface area contributed by atoms with Gasteiger partial charge in [0.05, 0.1) is 22.0 Å². The van der Waals surface area contributed by atoms with Crippen molar-refractivity contribution < 1.29 is 9.59 Å². The predicted octanol–water partition coefficient (Wildman–Crippen LogP) is 3.26. The Hall–Kier alpha value is -2.67. The molecule has 3 N–H and O–H groups in total. The molecule has 26 heavy (non-hydrogen) atoms. The second kappa shape index (κ2) is 7.70. The van der Waals surface area contributed by atoms with Crippen LogP contribution in [0.5, 0.6) is 0 Å². The van der Waals surface area contributed by atoms with Crippen LogP contribution < -0.4 is 10.6 Å². The number of nitrogens with one attached hydrogen (secondary N) is 3. The lowest BCUT2D eigenvalue weighted by Gasteiger charge is -2.23. The van der Waals surface area contributed by atoms with Gasteiger partial charge in [0.2, 0.25) is 5.91 Å². The van der Waals surface area contributed by atoms with E-state index in [0.717, 1.165) is 11.0 Å². The van der Waals surface area contributed by atoms with Gasteiger partial charge in [-0.25, -0.2) is 4.98 Å². The van der Waals surface area contributed by atoms with Gasteiger partial charge in [0.15, 0.2) is 0 Å². The van der Waals surface area contributed by atoms with Crippen LogP contribution in [0.3, 0.4) is 0 Å². The number of H-pyrrole nitrogens is 1. The first-order valence-corrected chi connectivity index (χ1v) is 9.43. The average molecular weight is 370 g/mol. The number of carbonyl (C=O) groups excluding carboxylic acids is 2. The molecule has 0 radical (unpaired) electrons. The lowest BCUT2D eigenvalue weighted by Crippen LogP contribution is -2.50. The zero-order valence-corrected chi connectivity index (χ0v) is 15.8. The Morgan fingerprint density at radius 3 is 2.50 bits per heavy atom. The summed E-state index contributed by atoms with van der Waals surface area (Å²) >= 11 is 1.35. The van der Waals surface area contributed by atoms with Crippen LogP contribution in [0.4, 0.5) is 0 Å². The molecule has 3 aromatic rings. The number of hydrogen-bond acceptors (Lipinski definition) is 4. The van der Waals surface area contributed by atoms with E-state index in [1.165, 1.54) is 11.3 Å². The SMILES string of the molecule is CC(NC(=O)C(NC(=O)c1cccs1)C(C)C)c1nc2ccccc2[nH]1. The van der Waals surface area contributed by atoms with E-state index in [4.69, 9.17) is 0 Å². The van der Waals surface area contributed by atoms with Gasteiger partial charge in [0, 0.05) is 0 Å². The van der Waals surface area contributed by atoms with Gasteiger partial charge in [-0.05, 0) is 36.4 Å². The minimum absolute atomic E-state index is 0.0400. The van der Waals surface area contributed by atoms with Crippen LogP contribution in [0.2, 0.25) is 0 Å². The number of aromatic amines is 1. The first-order valence-electron chi connectivity index (χ1n) is 8.55. The van der Waals surface area contributed by atoms with Crippen LogP contribution in [0.1, 0.15) is 42.3 Å². The van der Waals surface area contributed by atoms with Crippen molar-refractivity contribution in [2.45, 2.75) is 32.9 Å². The van der Waals surface area contributed by atoms with E-state index in [1.54, 1.807) is 6.07 Å². The lowest BCUT2D eigenvalue weighted by molar-refractivity contribution is -0.124. The van der Waals surface area contributed by atoms with Gasteiger partial charge in [-0.15, -0.1) is 11.3 Å². The van der Waals surface area contributed by atoms with Gasteiger partial charge in [-0.1, -0.05) is 32.0 Å². The number of para-hydroxylation sites is 2. The molecule has 7 heteroatoms. The largest absolute Gasteiger partial charge is 0.345 e. The highest BCUT2D eigenvalue weighted by molar-refractivity contribution is 7.12. The molecule has 0 aliphatic carbocycles. The zero-order chi connectivity index (χ0) is 18.7. The number of fused-ring (bicyclic) bond motifs is 1. The fourth-order valence-electron chi connectivity index (χ4n) is 2.70. The molecule has 0 saturated heterocycles. The number of amides is 2. The molecule has 2 aromatic heterocycles. The molecular weight excluding hydrogens is 348 g/mol. The Labute approximate surface area is 156 Å². The number of benzene rings is 1. The molecule has 2 amide bonds. The molecule has 2 heterocycles. The average Bonchev–Trinajstić information content (AvgIpc) is 3.28. The van der Waals surface area contributed by atoms with Gasteiger partial charge < -0.3 is 15.6 Å². The maximum absolute atomic E-state index is 12.7. The summed E-state index contributed by atoms with van der Waals surface area (Å²) in [6, 6.07) is 10.4. The van der Waals surface area contributed by atoms with Crippen LogP contribution in [0, 0.1) is 5.92 Å². The van der Waals surface area contributed by atoms with Crippen LogP contribution >= 0.6 is 11.3 Å². The van der Waals surface area contributed by atoms with E-state index in [9.17, 15) is 9.59 Å². The first-order chi connectivity index (χ1) is 12.5. The van der Waals surface area contributed by atoms with Crippen molar-refractivity contribution in [2.75, 3.05) is 0 Å². The van der Waals surface area contributed by atoms with Crippen molar-refractivity contribution in [1.82, 2.24) is 20.6 Å². The molecule has 0 saturated carbocycles. The highest BCUT2D eigenvalue weighted by Crippen LogP contribution is 2.16. The summed E-state index contributed by atoms with van der Waals surface area (Å²) in [5, 5.41) is 7.61. The Bertz CT molecular complexity index is 868. The van der Waals surface area contributed by atoms with Crippen molar-refractivity contribution in [3.63, 3.8) is 0 Å². The zero-order valence-electron chi connectivity index (χ0n) is 14.9. The number of thiophene rings is 1.